The molecule has 3 nitrogen and oxygen atoms in total. The monoisotopic (exact) mass is 176 g/mol. The maximum atomic E-state index is 10.8. The van der Waals surface area contributed by atoms with E-state index in [-0.39, 0.29) is 0 Å². The molecular formula is C10H12N2O. The highest BCUT2D eigenvalue weighted by atomic mass is 16.1. The van der Waals surface area contributed by atoms with Crippen molar-refractivity contribution in [2.24, 2.45) is 11.7 Å². The number of pyridine rings is 1. The van der Waals surface area contributed by atoms with Crippen LogP contribution in [0.5, 0.6) is 0 Å². The van der Waals surface area contributed by atoms with E-state index in [2.05, 4.69) is 4.98 Å². The summed E-state index contributed by atoms with van der Waals surface area (Å²) in [7, 11) is 0. The van der Waals surface area contributed by atoms with E-state index in [1.807, 2.05) is 12.1 Å². The van der Waals surface area contributed by atoms with Crippen molar-refractivity contribution in [2.45, 2.75) is 19.3 Å². The van der Waals surface area contributed by atoms with Gasteiger partial charge in [0, 0.05) is 5.69 Å². The Morgan fingerprint density at radius 2 is 2.31 bits per heavy atom. The molecule has 0 saturated heterocycles. The molecule has 1 aliphatic carbocycles. The summed E-state index contributed by atoms with van der Waals surface area (Å²) in [6, 6.07) is 5.44. The number of primary amides is 1. The highest BCUT2D eigenvalue weighted by Crippen LogP contribution is 2.31. The minimum atomic E-state index is -0.447. The van der Waals surface area contributed by atoms with E-state index in [4.69, 9.17) is 5.73 Å². The van der Waals surface area contributed by atoms with Gasteiger partial charge in [-0.2, -0.15) is 0 Å². The third-order valence-electron chi connectivity index (χ3n) is 2.25. The first kappa shape index (κ1) is 8.23. The van der Waals surface area contributed by atoms with Gasteiger partial charge in [0.1, 0.15) is 5.69 Å². The van der Waals surface area contributed by atoms with Crippen molar-refractivity contribution >= 4 is 5.91 Å². The van der Waals surface area contributed by atoms with Crippen LogP contribution >= 0.6 is 0 Å². The zero-order chi connectivity index (χ0) is 9.26. The summed E-state index contributed by atoms with van der Waals surface area (Å²) in [4.78, 5) is 15.0. The molecule has 2 N–H and O–H groups in total. The normalized spacial score (nSPS) is 15.7. The smallest absolute Gasteiger partial charge is 0.267 e. The van der Waals surface area contributed by atoms with E-state index in [9.17, 15) is 4.79 Å². The van der Waals surface area contributed by atoms with E-state index in [0.717, 1.165) is 18.0 Å². The van der Waals surface area contributed by atoms with Gasteiger partial charge in [0.15, 0.2) is 0 Å². The summed E-state index contributed by atoms with van der Waals surface area (Å²) in [5.74, 6) is 0.341. The van der Waals surface area contributed by atoms with E-state index < -0.39 is 5.91 Å². The van der Waals surface area contributed by atoms with E-state index in [0.29, 0.717) is 5.69 Å². The number of nitrogens with zero attached hydrogens (tertiary/aromatic N) is 1. The van der Waals surface area contributed by atoms with Crippen molar-refractivity contribution in [1.29, 1.82) is 0 Å². The van der Waals surface area contributed by atoms with Crippen LogP contribution in [0.1, 0.15) is 29.0 Å². The van der Waals surface area contributed by atoms with Crippen LogP contribution in [0, 0.1) is 5.92 Å². The molecule has 1 aliphatic rings. The maximum absolute atomic E-state index is 10.8. The van der Waals surface area contributed by atoms with Gasteiger partial charge in [0.05, 0.1) is 0 Å². The topological polar surface area (TPSA) is 56.0 Å². The van der Waals surface area contributed by atoms with Crippen molar-refractivity contribution in [3.05, 3.63) is 29.6 Å². The Kier molecular flexibility index (Phi) is 2.00. The summed E-state index contributed by atoms with van der Waals surface area (Å²) in [6.07, 6.45) is 3.58. The van der Waals surface area contributed by atoms with Crippen molar-refractivity contribution in [2.75, 3.05) is 0 Å². The van der Waals surface area contributed by atoms with Crippen LogP contribution in [-0.4, -0.2) is 10.9 Å². The zero-order valence-corrected chi connectivity index (χ0v) is 7.36. The lowest BCUT2D eigenvalue weighted by atomic mass is 10.2. The summed E-state index contributed by atoms with van der Waals surface area (Å²) >= 11 is 0. The molecule has 1 fully saturated rings. The molecule has 0 aliphatic heterocycles. The van der Waals surface area contributed by atoms with E-state index >= 15 is 0 Å². The van der Waals surface area contributed by atoms with Gasteiger partial charge in [-0.05, 0) is 37.3 Å². The van der Waals surface area contributed by atoms with Gasteiger partial charge in [-0.1, -0.05) is 6.07 Å². The molecular weight excluding hydrogens is 164 g/mol. The number of carbonyl (C=O) groups is 1. The third-order valence-corrected chi connectivity index (χ3v) is 2.25. The summed E-state index contributed by atoms with van der Waals surface area (Å²) in [5.41, 5.74) is 6.49. The number of rotatable bonds is 3. The molecule has 68 valence electrons. The van der Waals surface area contributed by atoms with Crippen LogP contribution < -0.4 is 5.73 Å². The number of amides is 1. The Hall–Kier alpha value is -1.38. The fraction of sp³-hybridized carbons (Fsp3) is 0.400. The Balaban J connectivity index is 2.15. The van der Waals surface area contributed by atoms with Crippen LogP contribution in [-0.2, 0) is 6.42 Å². The average molecular weight is 176 g/mol. The highest BCUT2D eigenvalue weighted by Gasteiger charge is 2.22. The second-order valence-electron chi connectivity index (χ2n) is 3.53. The predicted octanol–water partition coefficient (Wildman–Crippen LogP) is 1.13. The molecule has 1 heterocycles. The molecule has 0 radical (unpaired) electrons. The minimum Gasteiger partial charge on any atom is -0.364 e. The molecule has 0 atom stereocenters. The second-order valence-corrected chi connectivity index (χ2v) is 3.53. The summed E-state index contributed by atoms with van der Waals surface area (Å²) in [5, 5.41) is 0. The molecule has 0 spiro atoms. The molecule has 1 amide bonds. The van der Waals surface area contributed by atoms with Crippen molar-refractivity contribution in [3.63, 3.8) is 0 Å². The Morgan fingerprint density at radius 1 is 1.54 bits per heavy atom. The number of carbonyl (C=O) groups excluding carboxylic acids is 1. The largest absolute Gasteiger partial charge is 0.364 e. The van der Waals surface area contributed by atoms with Gasteiger partial charge in [0.25, 0.3) is 5.91 Å². The zero-order valence-electron chi connectivity index (χ0n) is 7.36. The van der Waals surface area contributed by atoms with Crippen LogP contribution in [0.4, 0.5) is 0 Å². The van der Waals surface area contributed by atoms with Crippen LogP contribution in [0.25, 0.3) is 0 Å². The van der Waals surface area contributed by atoms with Crippen LogP contribution in [0.15, 0.2) is 18.2 Å². The lowest BCUT2D eigenvalue weighted by molar-refractivity contribution is 0.0995. The molecule has 0 unspecified atom stereocenters. The highest BCUT2D eigenvalue weighted by molar-refractivity contribution is 5.90. The van der Waals surface area contributed by atoms with Crippen molar-refractivity contribution in [3.8, 4) is 0 Å². The molecule has 2 rings (SSSR count). The lowest BCUT2D eigenvalue weighted by Gasteiger charge is -1.99. The van der Waals surface area contributed by atoms with E-state index in [1.54, 1.807) is 6.07 Å². The third kappa shape index (κ3) is 2.05. The number of hydrogen-bond acceptors (Lipinski definition) is 2. The molecule has 0 bridgehead atoms. The maximum Gasteiger partial charge on any atom is 0.267 e. The molecule has 1 aromatic heterocycles. The molecule has 13 heavy (non-hydrogen) atoms. The van der Waals surface area contributed by atoms with Gasteiger partial charge in [-0.25, -0.2) is 4.98 Å². The van der Waals surface area contributed by atoms with Gasteiger partial charge < -0.3 is 5.73 Å². The van der Waals surface area contributed by atoms with E-state index in [1.165, 1.54) is 12.8 Å². The Bertz CT molecular complexity index is 331. The van der Waals surface area contributed by atoms with Crippen LogP contribution in [0.3, 0.4) is 0 Å². The van der Waals surface area contributed by atoms with Crippen molar-refractivity contribution in [1.82, 2.24) is 4.98 Å². The molecule has 1 aromatic rings. The number of nitrogens with two attached hydrogens (primary N) is 1. The average Bonchev–Trinajstić information content (AvgIpc) is 2.89. The summed E-state index contributed by atoms with van der Waals surface area (Å²) < 4.78 is 0. The second kappa shape index (κ2) is 3.17. The molecule has 1 saturated carbocycles. The Morgan fingerprint density at radius 3 is 2.92 bits per heavy atom. The fourth-order valence-corrected chi connectivity index (χ4v) is 1.35. The Labute approximate surface area is 77.0 Å². The first-order valence-corrected chi connectivity index (χ1v) is 4.51. The lowest BCUT2D eigenvalue weighted by Crippen LogP contribution is -2.13. The SMILES string of the molecule is NC(=O)c1cccc(CC2CC2)n1. The minimum absolute atomic E-state index is 0.373. The van der Waals surface area contributed by atoms with Crippen molar-refractivity contribution < 1.29 is 4.79 Å². The first-order valence-electron chi connectivity index (χ1n) is 4.51. The van der Waals surface area contributed by atoms with Crippen LogP contribution in [0.2, 0.25) is 0 Å². The fourth-order valence-electron chi connectivity index (χ4n) is 1.35. The first-order chi connectivity index (χ1) is 6.25. The standard InChI is InChI=1S/C10H12N2O/c11-10(13)9-3-1-2-8(12-9)6-7-4-5-7/h1-3,7H,4-6H2,(H2,11,13). The quantitative estimate of drug-likeness (QED) is 0.750. The number of aromatic nitrogens is 1. The predicted molar refractivity (Wildman–Crippen MR) is 49.2 cm³/mol. The van der Waals surface area contributed by atoms with Gasteiger partial charge in [-0.15, -0.1) is 0 Å². The molecule has 0 aromatic carbocycles. The van der Waals surface area contributed by atoms with Gasteiger partial charge in [0.2, 0.25) is 0 Å². The summed E-state index contributed by atoms with van der Waals surface area (Å²) in [6.45, 7) is 0. The number of hydrogen-bond donors (Lipinski definition) is 1. The van der Waals surface area contributed by atoms with Gasteiger partial charge >= 0.3 is 0 Å². The van der Waals surface area contributed by atoms with Gasteiger partial charge in [-0.3, -0.25) is 4.79 Å². The molecule has 3 heteroatoms.